The lowest BCUT2D eigenvalue weighted by molar-refractivity contribution is 0.0976. The molecule has 0 bridgehead atoms. The lowest BCUT2D eigenvalue weighted by atomic mass is 10.0. The van der Waals surface area contributed by atoms with Crippen LogP contribution >= 0.6 is 15.9 Å². The Morgan fingerprint density at radius 3 is 2.75 bits per heavy atom. The minimum absolute atomic E-state index is 0.159. The fraction of sp³-hybridized carbons (Fsp3) is 0.462. The van der Waals surface area contributed by atoms with Gasteiger partial charge in [-0.3, -0.25) is 4.79 Å². The van der Waals surface area contributed by atoms with Crippen LogP contribution in [0.15, 0.2) is 22.7 Å². The summed E-state index contributed by atoms with van der Waals surface area (Å²) in [5, 5.41) is 0. The molecule has 0 radical (unpaired) electrons. The van der Waals surface area contributed by atoms with Gasteiger partial charge in [-0.05, 0) is 31.5 Å². The second-order valence-electron chi connectivity index (χ2n) is 3.60. The number of benzene rings is 1. The molecule has 0 aliphatic rings. The second kappa shape index (κ2) is 6.69. The molecule has 16 heavy (non-hydrogen) atoms. The van der Waals surface area contributed by atoms with Gasteiger partial charge in [-0.15, -0.1) is 0 Å². The standard InChI is InChI=1S/C13H17BrO2/c1-3-5-6-12(15)11-9-10(14)7-8-13(11)16-4-2/h7-9H,3-6H2,1-2H3. The van der Waals surface area contributed by atoms with Crippen molar-refractivity contribution in [3.8, 4) is 5.75 Å². The van der Waals surface area contributed by atoms with Crippen LogP contribution < -0.4 is 4.74 Å². The van der Waals surface area contributed by atoms with E-state index in [1.807, 2.05) is 25.1 Å². The molecular formula is C13H17BrO2. The van der Waals surface area contributed by atoms with E-state index >= 15 is 0 Å². The van der Waals surface area contributed by atoms with E-state index in [-0.39, 0.29) is 5.78 Å². The first-order valence-electron chi connectivity index (χ1n) is 5.64. The minimum Gasteiger partial charge on any atom is -0.493 e. The minimum atomic E-state index is 0.159. The van der Waals surface area contributed by atoms with Crippen molar-refractivity contribution in [1.29, 1.82) is 0 Å². The highest BCUT2D eigenvalue weighted by Gasteiger charge is 2.12. The third-order valence-corrected chi connectivity index (χ3v) is 2.79. The Bertz CT molecular complexity index is 361. The zero-order chi connectivity index (χ0) is 12.0. The van der Waals surface area contributed by atoms with Crippen LogP contribution in [0.5, 0.6) is 5.75 Å². The van der Waals surface area contributed by atoms with Crippen LogP contribution in [-0.4, -0.2) is 12.4 Å². The molecule has 88 valence electrons. The Kier molecular flexibility index (Phi) is 5.53. The molecule has 0 aliphatic carbocycles. The summed E-state index contributed by atoms with van der Waals surface area (Å²) in [6.45, 7) is 4.58. The number of ketones is 1. The monoisotopic (exact) mass is 284 g/mol. The van der Waals surface area contributed by atoms with Crippen molar-refractivity contribution in [2.24, 2.45) is 0 Å². The summed E-state index contributed by atoms with van der Waals surface area (Å²) in [5.74, 6) is 0.846. The van der Waals surface area contributed by atoms with Gasteiger partial charge in [-0.1, -0.05) is 29.3 Å². The van der Waals surface area contributed by atoms with E-state index in [4.69, 9.17) is 4.74 Å². The summed E-state index contributed by atoms with van der Waals surface area (Å²) in [6, 6.07) is 5.57. The number of carbonyl (C=O) groups excluding carboxylic acids is 1. The van der Waals surface area contributed by atoms with Gasteiger partial charge in [0.2, 0.25) is 0 Å². The number of rotatable bonds is 6. The molecule has 0 amide bonds. The number of ether oxygens (including phenoxy) is 1. The lowest BCUT2D eigenvalue weighted by Gasteiger charge is -2.09. The molecule has 1 aromatic rings. The third-order valence-electron chi connectivity index (χ3n) is 2.30. The van der Waals surface area contributed by atoms with Crippen LogP contribution in [0.1, 0.15) is 43.5 Å². The smallest absolute Gasteiger partial charge is 0.166 e. The largest absolute Gasteiger partial charge is 0.493 e. The molecule has 0 saturated carbocycles. The number of carbonyl (C=O) groups is 1. The van der Waals surface area contributed by atoms with Crippen LogP contribution in [0.4, 0.5) is 0 Å². The normalized spacial score (nSPS) is 10.2. The maximum absolute atomic E-state index is 12.0. The van der Waals surface area contributed by atoms with Crippen molar-refractivity contribution in [3.63, 3.8) is 0 Å². The van der Waals surface area contributed by atoms with E-state index in [0.29, 0.717) is 24.3 Å². The Balaban J connectivity index is 2.90. The number of hydrogen-bond acceptors (Lipinski definition) is 2. The second-order valence-corrected chi connectivity index (χ2v) is 4.52. The Labute approximate surface area is 105 Å². The summed E-state index contributed by atoms with van der Waals surface area (Å²) in [6.07, 6.45) is 2.55. The summed E-state index contributed by atoms with van der Waals surface area (Å²) in [7, 11) is 0. The molecule has 0 aromatic heterocycles. The quantitative estimate of drug-likeness (QED) is 0.731. The molecule has 0 saturated heterocycles. The highest BCUT2D eigenvalue weighted by atomic mass is 79.9. The van der Waals surface area contributed by atoms with Crippen LogP contribution in [0.3, 0.4) is 0 Å². The highest BCUT2D eigenvalue weighted by molar-refractivity contribution is 9.10. The molecule has 0 fully saturated rings. The van der Waals surface area contributed by atoms with E-state index in [1.54, 1.807) is 0 Å². The number of unbranched alkanes of at least 4 members (excludes halogenated alkanes) is 1. The number of Topliss-reactive ketones (excluding diaryl/α,β-unsaturated/α-hetero) is 1. The molecule has 2 nitrogen and oxygen atoms in total. The fourth-order valence-electron chi connectivity index (χ4n) is 1.47. The van der Waals surface area contributed by atoms with Gasteiger partial charge in [0.15, 0.2) is 5.78 Å². The first-order valence-corrected chi connectivity index (χ1v) is 6.43. The van der Waals surface area contributed by atoms with Gasteiger partial charge in [-0.2, -0.15) is 0 Å². The number of halogens is 1. The van der Waals surface area contributed by atoms with E-state index < -0.39 is 0 Å². The van der Waals surface area contributed by atoms with E-state index in [2.05, 4.69) is 22.9 Å². The third kappa shape index (κ3) is 3.63. The van der Waals surface area contributed by atoms with E-state index in [0.717, 1.165) is 17.3 Å². The number of hydrogen-bond donors (Lipinski definition) is 0. The zero-order valence-corrected chi connectivity index (χ0v) is 11.3. The van der Waals surface area contributed by atoms with E-state index in [1.165, 1.54) is 0 Å². The molecule has 0 aliphatic heterocycles. The van der Waals surface area contributed by atoms with Gasteiger partial charge in [0.25, 0.3) is 0 Å². The van der Waals surface area contributed by atoms with Crippen LogP contribution in [0.25, 0.3) is 0 Å². The lowest BCUT2D eigenvalue weighted by Crippen LogP contribution is -2.04. The average Bonchev–Trinajstić information content (AvgIpc) is 2.28. The van der Waals surface area contributed by atoms with Crippen molar-refractivity contribution in [1.82, 2.24) is 0 Å². The summed E-state index contributed by atoms with van der Waals surface area (Å²) in [5.41, 5.74) is 0.685. The van der Waals surface area contributed by atoms with Crippen molar-refractivity contribution in [3.05, 3.63) is 28.2 Å². The van der Waals surface area contributed by atoms with Crippen molar-refractivity contribution >= 4 is 21.7 Å². The first-order chi connectivity index (χ1) is 7.69. The summed E-state index contributed by atoms with van der Waals surface area (Å²) >= 11 is 3.38. The summed E-state index contributed by atoms with van der Waals surface area (Å²) < 4.78 is 6.36. The Morgan fingerprint density at radius 1 is 1.38 bits per heavy atom. The molecule has 1 rings (SSSR count). The van der Waals surface area contributed by atoms with Crippen LogP contribution in [-0.2, 0) is 0 Å². The molecule has 0 atom stereocenters. The van der Waals surface area contributed by atoms with Gasteiger partial charge in [0, 0.05) is 10.9 Å². The van der Waals surface area contributed by atoms with Gasteiger partial charge >= 0.3 is 0 Å². The first kappa shape index (κ1) is 13.2. The fourth-order valence-corrected chi connectivity index (χ4v) is 1.83. The van der Waals surface area contributed by atoms with Gasteiger partial charge in [0.1, 0.15) is 5.75 Å². The predicted molar refractivity (Wildman–Crippen MR) is 69.2 cm³/mol. The van der Waals surface area contributed by atoms with Crippen LogP contribution in [0.2, 0.25) is 0 Å². The van der Waals surface area contributed by atoms with Gasteiger partial charge < -0.3 is 4.74 Å². The van der Waals surface area contributed by atoms with Crippen molar-refractivity contribution in [2.75, 3.05) is 6.61 Å². The molecule has 0 unspecified atom stereocenters. The highest BCUT2D eigenvalue weighted by Crippen LogP contribution is 2.25. The van der Waals surface area contributed by atoms with E-state index in [9.17, 15) is 4.79 Å². The molecule has 0 N–H and O–H groups in total. The van der Waals surface area contributed by atoms with Crippen molar-refractivity contribution < 1.29 is 9.53 Å². The molecular weight excluding hydrogens is 268 g/mol. The predicted octanol–water partition coefficient (Wildman–Crippen LogP) is 4.22. The zero-order valence-electron chi connectivity index (χ0n) is 9.75. The summed E-state index contributed by atoms with van der Waals surface area (Å²) in [4.78, 5) is 12.0. The Morgan fingerprint density at radius 2 is 2.12 bits per heavy atom. The van der Waals surface area contributed by atoms with Crippen molar-refractivity contribution in [2.45, 2.75) is 33.1 Å². The molecule has 1 aromatic carbocycles. The maximum atomic E-state index is 12.0. The molecule has 0 spiro atoms. The maximum Gasteiger partial charge on any atom is 0.166 e. The van der Waals surface area contributed by atoms with Crippen LogP contribution in [0, 0.1) is 0 Å². The SMILES string of the molecule is CCCCC(=O)c1cc(Br)ccc1OCC. The average molecular weight is 285 g/mol. The van der Waals surface area contributed by atoms with Gasteiger partial charge in [-0.25, -0.2) is 0 Å². The molecule has 0 heterocycles. The molecule has 3 heteroatoms. The van der Waals surface area contributed by atoms with Gasteiger partial charge in [0.05, 0.1) is 12.2 Å². The Hall–Kier alpha value is -0.830. The topological polar surface area (TPSA) is 26.3 Å².